The Bertz CT molecular complexity index is 717. The lowest BCUT2D eigenvalue weighted by Crippen LogP contribution is -2.08. The van der Waals surface area contributed by atoms with Gasteiger partial charge >= 0.3 is 0 Å². The molecule has 112 valence electrons. The lowest BCUT2D eigenvalue weighted by atomic mass is 10.2. The van der Waals surface area contributed by atoms with Gasteiger partial charge in [-0.3, -0.25) is 0 Å². The van der Waals surface area contributed by atoms with Gasteiger partial charge in [0.15, 0.2) is 9.84 Å². The van der Waals surface area contributed by atoms with E-state index >= 15 is 0 Å². The standard InChI is InChI=1S/C14H10Br2Cl2O2S/c15-11-1-3-13(17)9(5-11)7-21(19,20)8-10-6-12(16)2-4-14(10)18/h1-6H,7-8H2. The Morgan fingerprint density at radius 1 is 0.810 bits per heavy atom. The SMILES string of the molecule is O=S(=O)(Cc1cc(Br)ccc1Cl)Cc1cc(Br)ccc1Cl. The molecule has 0 unspecified atom stereocenters. The van der Waals surface area contributed by atoms with Gasteiger partial charge in [-0.05, 0) is 47.5 Å². The van der Waals surface area contributed by atoms with Crippen molar-refractivity contribution in [3.05, 3.63) is 66.5 Å². The number of sulfone groups is 1. The summed E-state index contributed by atoms with van der Waals surface area (Å²) in [6, 6.07) is 10.3. The first-order chi connectivity index (χ1) is 9.77. The maximum atomic E-state index is 12.3. The molecule has 2 aromatic rings. The molecule has 0 amide bonds. The van der Waals surface area contributed by atoms with E-state index in [4.69, 9.17) is 23.2 Å². The Morgan fingerprint density at radius 3 is 1.57 bits per heavy atom. The summed E-state index contributed by atoms with van der Waals surface area (Å²) >= 11 is 18.7. The van der Waals surface area contributed by atoms with E-state index < -0.39 is 9.84 Å². The minimum atomic E-state index is -3.38. The first-order valence-corrected chi connectivity index (χ1v) is 10.0. The van der Waals surface area contributed by atoms with Gasteiger partial charge in [0.1, 0.15) is 0 Å². The fourth-order valence-corrected chi connectivity index (χ4v) is 4.70. The normalized spacial score (nSPS) is 11.6. The predicted octanol–water partition coefficient (Wildman–Crippen LogP) is 5.63. The van der Waals surface area contributed by atoms with Crippen molar-refractivity contribution >= 4 is 64.9 Å². The van der Waals surface area contributed by atoms with Gasteiger partial charge in [-0.15, -0.1) is 0 Å². The number of hydrogen-bond acceptors (Lipinski definition) is 2. The second-order valence-corrected chi connectivity index (χ2v) is 9.21. The van der Waals surface area contributed by atoms with Crippen LogP contribution in [0.1, 0.15) is 11.1 Å². The second-order valence-electron chi connectivity index (χ2n) is 4.50. The summed E-state index contributed by atoms with van der Waals surface area (Å²) in [5, 5.41) is 0.865. The first kappa shape index (κ1) is 17.3. The van der Waals surface area contributed by atoms with Crippen molar-refractivity contribution < 1.29 is 8.42 Å². The molecule has 0 spiro atoms. The number of halogens is 4. The van der Waals surface area contributed by atoms with Crippen molar-refractivity contribution in [3.63, 3.8) is 0 Å². The largest absolute Gasteiger partial charge is 0.228 e. The van der Waals surface area contributed by atoms with Crippen LogP contribution in [0.2, 0.25) is 10.0 Å². The van der Waals surface area contributed by atoms with Crippen LogP contribution in [-0.4, -0.2) is 8.42 Å². The van der Waals surface area contributed by atoms with Gasteiger partial charge in [0.25, 0.3) is 0 Å². The third-order valence-corrected chi connectivity index (χ3v) is 5.99. The molecule has 0 aromatic heterocycles. The molecule has 0 radical (unpaired) electrons. The smallest absolute Gasteiger partial charge is 0.158 e. The molecule has 0 bridgehead atoms. The van der Waals surface area contributed by atoms with E-state index in [-0.39, 0.29) is 11.5 Å². The van der Waals surface area contributed by atoms with Crippen LogP contribution in [0.25, 0.3) is 0 Å². The van der Waals surface area contributed by atoms with E-state index in [9.17, 15) is 8.42 Å². The monoisotopic (exact) mass is 470 g/mol. The van der Waals surface area contributed by atoms with Crippen molar-refractivity contribution in [3.8, 4) is 0 Å². The molecule has 2 nitrogen and oxygen atoms in total. The Balaban J connectivity index is 2.26. The van der Waals surface area contributed by atoms with Crippen molar-refractivity contribution in [2.75, 3.05) is 0 Å². The van der Waals surface area contributed by atoms with Gasteiger partial charge in [-0.25, -0.2) is 8.42 Å². The molecule has 0 N–H and O–H groups in total. The Kier molecular flexibility index (Phi) is 5.77. The quantitative estimate of drug-likeness (QED) is 0.577. The molecule has 2 rings (SSSR count). The van der Waals surface area contributed by atoms with Gasteiger partial charge in [0.05, 0.1) is 11.5 Å². The molecular weight excluding hydrogens is 463 g/mol. The average molecular weight is 473 g/mol. The summed E-state index contributed by atoms with van der Waals surface area (Å²) in [7, 11) is -3.38. The Labute approximate surface area is 150 Å². The molecule has 0 atom stereocenters. The predicted molar refractivity (Wildman–Crippen MR) is 94.6 cm³/mol. The van der Waals surface area contributed by atoms with Gasteiger partial charge in [0, 0.05) is 19.0 Å². The van der Waals surface area contributed by atoms with Crippen LogP contribution >= 0.6 is 55.1 Å². The molecule has 0 aliphatic rings. The maximum absolute atomic E-state index is 12.3. The molecule has 2 aromatic carbocycles. The topological polar surface area (TPSA) is 34.1 Å². The summed E-state index contributed by atoms with van der Waals surface area (Å²) in [5.41, 5.74) is 1.13. The van der Waals surface area contributed by atoms with Crippen LogP contribution < -0.4 is 0 Å². The van der Waals surface area contributed by atoms with E-state index in [1.165, 1.54) is 0 Å². The van der Waals surface area contributed by atoms with Crippen molar-refractivity contribution in [1.82, 2.24) is 0 Å². The lowest BCUT2D eigenvalue weighted by molar-refractivity contribution is 0.594. The number of rotatable bonds is 4. The second kappa shape index (κ2) is 7.01. The highest BCUT2D eigenvalue weighted by molar-refractivity contribution is 9.10. The van der Waals surface area contributed by atoms with Crippen molar-refractivity contribution in [2.45, 2.75) is 11.5 Å². The summed E-state index contributed by atoms with van der Waals surface area (Å²) in [4.78, 5) is 0. The molecule has 0 aliphatic heterocycles. The van der Waals surface area contributed by atoms with Crippen molar-refractivity contribution in [2.24, 2.45) is 0 Å². The zero-order valence-electron chi connectivity index (χ0n) is 10.6. The molecular formula is C14H10Br2Cl2O2S. The molecule has 0 aliphatic carbocycles. The average Bonchev–Trinajstić information content (AvgIpc) is 2.37. The van der Waals surface area contributed by atoms with Crippen LogP contribution in [0.15, 0.2) is 45.3 Å². The van der Waals surface area contributed by atoms with E-state index in [0.717, 1.165) is 8.95 Å². The van der Waals surface area contributed by atoms with Crippen molar-refractivity contribution in [1.29, 1.82) is 0 Å². The Hall–Kier alpha value is -0.0700. The summed E-state index contributed by atoms with van der Waals surface area (Å²) < 4.78 is 26.3. The highest BCUT2D eigenvalue weighted by Crippen LogP contribution is 2.27. The zero-order chi connectivity index (χ0) is 15.6. The lowest BCUT2D eigenvalue weighted by Gasteiger charge is -2.09. The molecule has 0 fully saturated rings. The van der Waals surface area contributed by atoms with Gasteiger partial charge < -0.3 is 0 Å². The van der Waals surface area contributed by atoms with Gasteiger partial charge in [0.2, 0.25) is 0 Å². The molecule has 0 saturated heterocycles. The van der Waals surface area contributed by atoms with Crippen LogP contribution in [0.5, 0.6) is 0 Å². The van der Waals surface area contributed by atoms with E-state index in [1.54, 1.807) is 36.4 Å². The highest BCUT2D eigenvalue weighted by Gasteiger charge is 2.17. The molecule has 21 heavy (non-hydrogen) atoms. The van der Waals surface area contributed by atoms with Gasteiger partial charge in [-0.1, -0.05) is 55.1 Å². The maximum Gasteiger partial charge on any atom is 0.158 e. The summed E-state index contributed by atoms with van der Waals surface area (Å²) in [5.74, 6) is -0.262. The minimum Gasteiger partial charge on any atom is -0.228 e. The highest BCUT2D eigenvalue weighted by atomic mass is 79.9. The minimum absolute atomic E-state index is 0.131. The summed E-state index contributed by atoms with van der Waals surface area (Å²) in [6.45, 7) is 0. The van der Waals surface area contributed by atoms with Crippen LogP contribution in [0.3, 0.4) is 0 Å². The molecule has 0 heterocycles. The third-order valence-electron chi connectivity index (χ3n) is 2.77. The van der Waals surface area contributed by atoms with Crippen LogP contribution in [0.4, 0.5) is 0 Å². The van der Waals surface area contributed by atoms with E-state index in [0.29, 0.717) is 21.2 Å². The fourth-order valence-electron chi connectivity index (χ4n) is 1.83. The molecule has 7 heteroatoms. The van der Waals surface area contributed by atoms with E-state index in [2.05, 4.69) is 31.9 Å². The number of hydrogen-bond donors (Lipinski definition) is 0. The van der Waals surface area contributed by atoms with Crippen LogP contribution in [-0.2, 0) is 21.3 Å². The summed E-state index contributed by atoms with van der Waals surface area (Å²) in [6.07, 6.45) is 0. The van der Waals surface area contributed by atoms with Gasteiger partial charge in [-0.2, -0.15) is 0 Å². The zero-order valence-corrected chi connectivity index (χ0v) is 16.1. The fraction of sp³-hybridized carbons (Fsp3) is 0.143. The molecule has 0 saturated carbocycles. The van der Waals surface area contributed by atoms with E-state index in [1.807, 2.05) is 0 Å². The number of benzene rings is 2. The Morgan fingerprint density at radius 2 is 1.19 bits per heavy atom. The third kappa shape index (κ3) is 4.96. The first-order valence-electron chi connectivity index (χ1n) is 5.85. The van der Waals surface area contributed by atoms with Crippen LogP contribution in [0, 0.1) is 0 Å².